The summed E-state index contributed by atoms with van der Waals surface area (Å²) in [5.74, 6) is 0.253. The van der Waals surface area contributed by atoms with Crippen molar-refractivity contribution in [1.82, 2.24) is 5.32 Å². The molecule has 2 amide bonds. The van der Waals surface area contributed by atoms with Crippen molar-refractivity contribution >= 4 is 23.8 Å². The molecule has 0 heterocycles. The smallest absolute Gasteiger partial charge is 0.373 e. The quantitative estimate of drug-likeness (QED) is 0.123. The third-order valence-electron chi connectivity index (χ3n) is 6.07. The summed E-state index contributed by atoms with van der Waals surface area (Å²) in [7, 11) is 4.52. The maximum absolute atomic E-state index is 12.7. The van der Waals surface area contributed by atoms with Crippen LogP contribution in [0.1, 0.15) is 64.4 Å². The topological polar surface area (TPSA) is 77.1 Å². The van der Waals surface area contributed by atoms with Gasteiger partial charge in [0, 0.05) is 24.8 Å². The van der Waals surface area contributed by atoms with Crippen LogP contribution in [0.2, 0.25) is 0 Å². The summed E-state index contributed by atoms with van der Waals surface area (Å²) in [5, 5.41) is 3.01. The zero-order valence-electron chi connectivity index (χ0n) is 23.0. The number of rotatable bonds is 15. The fraction of sp³-hybridized carbons (Fsp3) is 0.467. The molecule has 0 bridgehead atoms. The molecule has 2 rings (SSSR count). The van der Waals surface area contributed by atoms with Crippen molar-refractivity contribution < 1.29 is 23.8 Å². The summed E-state index contributed by atoms with van der Waals surface area (Å²) in [5.41, 5.74) is 3.37. The van der Waals surface area contributed by atoms with Crippen molar-refractivity contribution in [3.8, 4) is 16.9 Å². The highest BCUT2D eigenvalue weighted by Gasteiger charge is 2.15. The van der Waals surface area contributed by atoms with Crippen molar-refractivity contribution in [3.05, 3.63) is 53.8 Å². The Balaban J connectivity index is 2.25. The van der Waals surface area contributed by atoms with E-state index >= 15 is 0 Å². The van der Waals surface area contributed by atoms with Crippen LogP contribution in [0, 0.1) is 0 Å². The molecule has 7 nitrogen and oxygen atoms in total. The van der Waals surface area contributed by atoms with Gasteiger partial charge in [0.2, 0.25) is 5.76 Å². The molecule has 0 unspecified atom stereocenters. The number of hydrogen-bond donors (Lipinski definition) is 1. The number of carbonyl (C=O) groups excluding carboxylic acids is 2. The lowest BCUT2D eigenvalue weighted by molar-refractivity contribution is -0.139. The first-order valence-corrected chi connectivity index (χ1v) is 13.2. The van der Waals surface area contributed by atoms with Crippen molar-refractivity contribution in [2.24, 2.45) is 0 Å². The van der Waals surface area contributed by atoms with Crippen LogP contribution in [-0.2, 0) is 14.3 Å². The molecule has 0 saturated heterocycles. The van der Waals surface area contributed by atoms with E-state index in [0.717, 1.165) is 48.1 Å². The Labute approximate surface area is 221 Å². The van der Waals surface area contributed by atoms with Crippen LogP contribution in [-0.4, -0.2) is 46.4 Å². The number of anilines is 1. The Hall–Kier alpha value is -3.48. The molecular formula is C30H42N2O5. The van der Waals surface area contributed by atoms with E-state index in [4.69, 9.17) is 14.2 Å². The van der Waals surface area contributed by atoms with Crippen molar-refractivity contribution in [2.75, 3.05) is 39.3 Å². The number of esters is 1. The van der Waals surface area contributed by atoms with Gasteiger partial charge in [-0.1, -0.05) is 70.2 Å². The van der Waals surface area contributed by atoms with E-state index in [2.05, 4.69) is 19.2 Å². The molecular weight excluding hydrogens is 468 g/mol. The van der Waals surface area contributed by atoms with E-state index in [-0.39, 0.29) is 11.8 Å². The standard InChI is InChI=1S/C30H42N2O5/c1-6-8-10-11-12-18-31-30(34)32(3)25-15-13-14-24(22-25)26-17-16-23(20-27(26)37-19-9-7-2)21-28(35-4)29(33)36-5/h13-17,20-22H,6-12,18-19H2,1-5H3,(H,31,34). The number of benzene rings is 2. The second-order valence-electron chi connectivity index (χ2n) is 8.92. The molecule has 1 N–H and O–H groups in total. The van der Waals surface area contributed by atoms with E-state index < -0.39 is 5.97 Å². The number of unbranched alkanes of at least 4 members (excludes halogenated alkanes) is 5. The molecule has 0 aliphatic heterocycles. The number of hydrogen-bond acceptors (Lipinski definition) is 5. The summed E-state index contributed by atoms with van der Waals surface area (Å²) in [4.78, 5) is 26.3. The first kappa shape index (κ1) is 29.7. The molecule has 202 valence electrons. The Morgan fingerprint density at radius 1 is 0.919 bits per heavy atom. The lowest BCUT2D eigenvalue weighted by Crippen LogP contribution is -2.37. The number of nitrogens with one attached hydrogen (secondary N) is 1. The second-order valence-corrected chi connectivity index (χ2v) is 8.92. The van der Waals surface area contributed by atoms with Crippen LogP contribution in [0.5, 0.6) is 5.75 Å². The first-order chi connectivity index (χ1) is 17.9. The van der Waals surface area contributed by atoms with Gasteiger partial charge in [0.25, 0.3) is 0 Å². The molecule has 0 aliphatic rings. The van der Waals surface area contributed by atoms with Gasteiger partial charge in [-0.2, -0.15) is 0 Å². The third-order valence-corrected chi connectivity index (χ3v) is 6.07. The highest BCUT2D eigenvalue weighted by molar-refractivity contribution is 5.93. The van der Waals surface area contributed by atoms with Crippen LogP contribution < -0.4 is 15.0 Å². The Kier molecular flexibility index (Phi) is 13.1. The predicted molar refractivity (Wildman–Crippen MR) is 150 cm³/mol. The van der Waals surface area contributed by atoms with E-state index in [1.165, 1.54) is 33.5 Å². The van der Waals surface area contributed by atoms with Gasteiger partial charge in [0.15, 0.2) is 0 Å². The summed E-state index contributed by atoms with van der Waals surface area (Å²) in [6.45, 7) is 5.55. The summed E-state index contributed by atoms with van der Waals surface area (Å²) >= 11 is 0. The molecule has 7 heteroatoms. The molecule has 0 radical (unpaired) electrons. The van der Waals surface area contributed by atoms with Crippen LogP contribution in [0.25, 0.3) is 17.2 Å². The molecule has 0 aliphatic carbocycles. The molecule has 0 aromatic heterocycles. The lowest BCUT2D eigenvalue weighted by Gasteiger charge is -2.20. The zero-order chi connectivity index (χ0) is 27.0. The highest BCUT2D eigenvalue weighted by Crippen LogP contribution is 2.34. The van der Waals surface area contributed by atoms with E-state index in [1.807, 2.05) is 42.5 Å². The fourth-order valence-corrected chi connectivity index (χ4v) is 3.81. The average Bonchev–Trinajstić information content (AvgIpc) is 2.93. The predicted octanol–water partition coefficient (Wildman–Crippen LogP) is 6.81. The van der Waals surface area contributed by atoms with Crippen LogP contribution in [0.4, 0.5) is 10.5 Å². The van der Waals surface area contributed by atoms with E-state index in [9.17, 15) is 9.59 Å². The summed E-state index contributed by atoms with van der Waals surface area (Å²) < 4.78 is 16.1. The molecule has 0 atom stereocenters. The number of carbonyl (C=O) groups is 2. The van der Waals surface area contributed by atoms with Crippen LogP contribution >= 0.6 is 0 Å². The number of methoxy groups -OCH3 is 2. The van der Waals surface area contributed by atoms with Crippen LogP contribution in [0.3, 0.4) is 0 Å². The monoisotopic (exact) mass is 510 g/mol. The molecule has 0 spiro atoms. The number of ether oxygens (including phenoxy) is 3. The molecule has 0 fully saturated rings. The number of amides is 2. The first-order valence-electron chi connectivity index (χ1n) is 13.2. The molecule has 0 saturated carbocycles. The minimum Gasteiger partial charge on any atom is -0.493 e. The summed E-state index contributed by atoms with van der Waals surface area (Å²) in [6.07, 6.45) is 9.32. The van der Waals surface area contributed by atoms with Crippen molar-refractivity contribution in [2.45, 2.75) is 58.8 Å². The van der Waals surface area contributed by atoms with Crippen molar-refractivity contribution in [1.29, 1.82) is 0 Å². The van der Waals surface area contributed by atoms with Gasteiger partial charge in [0.1, 0.15) is 5.75 Å². The van der Waals surface area contributed by atoms with Gasteiger partial charge in [-0.25, -0.2) is 9.59 Å². The maximum Gasteiger partial charge on any atom is 0.373 e. The van der Waals surface area contributed by atoms with Gasteiger partial charge >= 0.3 is 12.0 Å². The molecule has 37 heavy (non-hydrogen) atoms. The average molecular weight is 511 g/mol. The van der Waals surface area contributed by atoms with Gasteiger partial charge in [0.05, 0.1) is 20.8 Å². The number of urea groups is 1. The van der Waals surface area contributed by atoms with E-state index in [1.54, 1.807) is 18.0 Å². The SMILES string of the molecule is CCCCCCCNC(=O)N(C)c1cccc(-c2ccc(C=C(OC)C(=O)OC)cc2OCCCC)c1. The molecule has 2 aromatic carbocycles. The fourth-order valence-electron chi connectivity index (χ4n) is 3.81. The summed E-state index contributed by atoms with van der Waals surface area (Å²) in [6, 6.07) is 13.4. The number of nitrogens with zero attached hydrogens (tertiary/aromatic N) is 1. The molecule has 2 aromatic rings. The van der Waals surface area contributed by atoms with Gasteiger partial charge in [-0.15, -0.1) is 0 Å². The van der Waals surface area contributed by atoms with Gasteiger partial charge in [-0.05, 0) is 48.2 Å². The Morgan fingerprint density at radius 3 is 2.38 bits per heavy atom. The minimum atomic E-state index is -0.546. The normalized spacial score (nSPS) is 11.1. The van der Waals surface area contributed by atoms with Gasteiger partial charge < -0.3 is 19.5 Å². The lowest BCUT2D eigenvalue weighted by atomic mass is 10.0. The highest BCUT2D eigenvalue weighted by atomic mass is 16.6. The third kappa shape index (κ3) is 9.48. The largest absolute Gasteiger partial charge is 0.493 e. The van der Waals surface area contributed by atoms with Gasteiger partial charge in [-0.3, -0.25) is 4.90 Å². The maximum atomic E-state index is 12.7. The van der Waals surface area contributed by atoms with Crippen molar-refractivity contribution in [3.63, 3.8) is 0 Å². The second kappa shape index (κ2) is 16.3. The Bertz CT molecular complexity index is 1030. The Morgan fingerprint density at radius 2 is 1.68 bits per heavy atom. The minimum absolute atomic E-state index is 0.106. The zero-order valence-corrected chi connectivity index (χ0v) is 23.0. The van der Waals surface area contributed by atoms with E-state index in [0.29, 0.717) is 18.9 Å². The van der Waals surface area contributed by atoms with Crippen LogP contribution in [0.15, 0.2) is 48.2 Å².